The average molecular weight is 470 g/mol. The number of benzene rings is 3. The molecule has 0 saturated heterocycles. The van der Waals surface area contributed by atoms with Crippen molar-refractivity contribution in [2.24, 2.45) is 5.14 Å². The van der Waals surface area contributed by atoms with Gasteiger partial charge in [-0.1, -0.05) is 53.5 Å². The maximum Gasteiger partial charge on any atom is 0.238 e. The van der Waals surface area contributed by atoms with E-state index in [0.29, 0.717) is 22.0 Å². The first-order valence-electron chi connectivity index (χ1n) is 8.49. The summed E-state index contributed by atoms with van der Waals surface area (Å²) in [6.45, 7) is 0. The smallest absolute Gasteiger partial charge is 0.225 e. The molecule has 0 radical (unpaired) electrons. The van der Waals surface area contributed by atoms with Crippen molar-refractivity contribution in [2.45, 2.75) is 27.5 Å². The predicted molar refractivity (Wildman–Crippen MR) is 114 cm³/mol. The lowest BCUT2D eigenvalue weighted by Crippen LogP contribution is -2.17. The maximum absolute atomic E-state index is 13.2. The van der Waals surface area contributed by atoms with Gasteiger partial charge < -0.3 is 0 Å². The summed E-state index contributed by atoms with van der Waals surface area (Å²) in [5, 5.41) is 6.24. The Kier molecular flexibility index (Phi) is 6.36. The van der Waals surface area contributed by atoms with Crippen LogP contribution in [-0.2, 0) is 32.7 Å². The van der Waals surface area contributed by atoms with Gasteiger partial charge in [-0.2, -0.15) is 0 Å². The molecule has 152 valence electrons. The van der Waals surface area contributed by atoms with E-state index in [9.17, 15) is 16.8 Å². The molecule has 3 aromatic rings. The third kappa shape index (κ3) is 4.82. The van der Waals surface area contributed by atoms with Crippen LogP contribution in [0.2, 0.25) is 10.0 Å². The molecule has 0 bridgehead atoms. The highest BCUT2D eigenvalue weighted by molar-refractivity contribution is 7.91. The molecule has 5 nitrogen and oxygen atoms in total. The van der Waals surface area contributed by atoms with E-state index in [0.717, 1.165) is 0 Å². The lowest BCUT2D eigenvalue weighted by atomic mass is 10.0. The van der Waals surface area contributed by atoms with Crippen LogP contribution in [0.1, 0.15) is 11.1 Å². The van der Waals surface area contributed by atoms with Crippen LogP contribution in [-0.4, -0.2) is 16.8 Å². The summed E-state index contributed by atoms with van der Waals surface area (Å²) >= 11 is 12.1. The summed E-state index contributed by atoms with van der Waals surface area (Å²) in [5.74, 6) is 0. The van der Waals surface area contributed by atoms with Crippen LogP contribution in [0.5, 0.6) is 0 Å². The number of halogens is 2. The van der Waals surface area contributed by atoms with Crippen LogP contribution in [0.3, 0.4) is 0 Å². The summed E-state index contributed by atoms with van der Waals surface area (Å²) in [5.41, 5.74) is 0.841. The number of sulfone groups is 1. The summed E-state index contributed by atoms with van der Waals surface area (Å²) in [6, 6.07) is 16.8. The summed E-state index contributed by atoms with van der Waals surface area (Å²) in [4.78, 5) is -0.253. The van der Waals surface area contributed by atoms with Gasteiger partial charge in [-0.05, 0) is 60.4 Å². The van der Waals surface area contributed by atoms with Gasteiger partial charge in [0.15, 0.2) is 0 Å². The monoisotopic (exact) mass is 469 g/mol. The van der Waals surface area contributed by atoms with Gasteiger partial charge in [-0.25, -0.2) is 22.0 Å². The second-order valence-electron chi connectivity index (χ2n) is 6.33. The topological polar surface area (TPSA) is 94.3 Å². The summed E-state index contributed by atoms with van der Waals surface area (Å²) in [6.07, 6.45) is 0.412. The second kappa shape index (κ2) is 8.45. The Balaban J connectivity index is 2.13. The van der Waals surface area contributed by atoms with Crippen LogP contribution in [0.4, 0.5) is 0 Å². The van der Waals surface area contributed by atoms with Gasteiger partial charge in [0.25, 0.3) is 0 Å². The average Bonchev–Trinajstić information content (AvgIpc) is 2.67. The molecule has 0 aliphatic heterocycles. The Morgan fingerprint density at radius 3 is 2.03 bits per heavy atom. The van der Waals surface area contributed by atoms with Crippen molar-refractivity contribution >= 4 is 43.1 Å². The molecule has 3 rings (SSSR count). The zero-order chi connectivity index (χ0) is 21.2. The molecule has 0 saturated carbocycles. The number of nitrogens with two attached hydrogens (primary N) is 1. The number of primary sulfonamides is 1. The molecule has 0 heterocycles. The largest absolute Gasteiger partial charge is 0.238 e. The van der Waals surface area contributed by atoms with Crippen LogP contribution in [0.15, 0.2) is 81.4 Å². The van der Waals surface area contributed by atoms with Crippen molar-refractivity contribution in [3.05, 3.63) is 87.9 Å². The second-order valence-corrected chi connectivity index (χ2v) is 10.6. The maximum atomic E-state index is 13.2. The number of hydrogen-bond donors (Lipinski definition) is 1. The number of aryl methyl sites for hydroxylation is 1. The standard InChI is InChI=1S/C20H17Cl2NO4S2/c21-15-11-9-14(18(22)13-15)10-12-17-19(7-4-8-20(17)29(23,26)27)28(24,25)16-5-2-1-3-6-16/h1-9,11,13H,10,12H2,(H2,23,26,27). The van der Waals surface area contributed by atoms with Crippen molar-refractivity contribution in [1.82, 2.24) is 0 Å². The van der Waals surface area contributed by atoms with E-state index in [2.05, 4.69) is 0 Å². The highest BCUT2D eigenvalue weighted by Crippen LogP contribution is 2.30. The van der Waals surface area contributed by atoms with Gasteiger partial charge in [0.2, 0.25) is 19.9 Å². The van der Waals surface area contributed by atoms with Gasteiger partial charge >= 0.3 is 0 Å². The minimum absolute atomic E-state index is 0.0670. The molecule has 0 unspecified atom stereocenters. The minimum atomic E-state index is -4.14. The lowest BCUT2D eigenvalue weighted by molar-refractivity contribution is 0.591. The van der Waals surface area contributed by atoms with Crippen molar-refractivity contribution < 1.29 is 16.8 Å². The molecule has 0 atom stereocenters. The number of hydrogen-bond acceptors (Lipinski definition) is 4. The molecule has 0 amide bonds. The molecule has 9 heteroatoms. The number of rotatable bonds is 6. The normalized spacial score (nSPS) is 12.1. The quantitative estimate of drug-likeness (QED) is 0.583. The van der Waals surface area contributed by atoms with Crippen LogP contribution >= 0.6 is 23.2 Å². The van der Waals surface area contributed by atoms with E-state index >= 15 is 0 Å². The minimum Gasteiger partial charge on any atom is -0.225 e. The highest BCUT2D eigenvalue weighted by Gasteiger charge is 2.26. The molecule has 0 fully saturated rings. The Bertz CT molecular complexity index is 1260. The Hall–Kier alpha value is -1.90. The first-order valence-corrected chi connectivity index (χ1v) is 12.3. The Morgan fingerprint density at radius 1 is 0.759 bits per heavy atom. The van der Waals surface area contributed by atoms with E-state index in [1.54, 1.807) is 36.4 Å². The molecule has 3 aromatic carbocycles. The molecule has 0 aliphatic rings. The van der Waals surface area contributed by atoms with Crippen molar-refractivity contribution in [3.8, 4) is 0 Å². The zero-order valence-electron chi connectivity index (χ0n) is 15.0. The van der Waals surface area contributed by atoms with Crippen molar-refractivity contribution in [2.75, 3.05) is 0 Å². The molecule has 0 aromatic heterocycles. The fraction of sp³-hybridized carbons (Fsp3) is 0.100. The van der Waals surface area contributed by atoms with Gasteiger partial charge in [-0.3, -0.25) is 0 Å². The van der Waals surface area contributed by atoms with Gasteiger partial charge in [-0.15, -0.1) is 0 Å². The molecule has 2 N–H and O–H groups in total. The predicted octanol–water partition coefficient (Wildman–Crippen LogP) is 4.26. The van der Waals surface area contributed by atoms with E-state index in [1.807, 2.05) is 0 Å². The molecule has 0 aliphatic carbocycles. The van der Waals surface area contributed by atoms with Crippen molar-refractivity contribution in [1.29, 1.82) is 0 Å². The molecular formula is C20H17Cl2NO4S2. The fourth-order valence-electron chi connectivity index (χ4n) is 3.02. The van der Waals surface area contributed by atoms with Crippen LogP contribution in [0.25, 0.3) is 0 Å². The Labute approximate surface area is 180 Å². The first-order chi connectivity index (χ1) is 13.6. The van der Waals surface area contributed by atoms with Crippen LogP contribution in [0, 0.1) is 0 Å². The molecule has 29 heavy (non-hydrogen) atoms. The zero-order valence-corrected chi connectivity index (χ0v) is 18.2. The van der Waals surface area contributed by atoms with E-state index in [1.165, 1.54) is 30.3 Å². The van der Waals surface area contributed by atoms with Crippen molar-refractivity contribution in [3.63, 3.8) is 0 Å². The molecule has 0 spiro atoms. The van der Waals surface area contributed by atoms with Gasteiger partial charge in [0.1, 0.15) is 0 Å². The van der Waals surface area contributed by atoms with Crippen LogP contribution < -0.4 is 5.14 Å². The third-order valence-electron chi connectivity index (χ3n) is 4.40. The van der Waals surface area contributed by atoms with Gasteiger partial charge in [0, 0.05) is 10.0 Å². The molecular weight excluding hydrogens is 453 g/mol. The Morgan fingerprint density at radius 2 is 1.41 bits per heavy atom. The van der Waals surface area contributed by atoms with Gasteiger partial charge in [0.05, 0.1) is 14.7 Å². The SMILES string of the molecule is NS(=O)(=O)c1cccc(S(=O)(=O)c2ccccc2)c1CCc1ccc(Cl)cc1Cl. The third-order valence-corrected chi connectivity index (χ3v) is 7.84. The van der Waals surface area contributed by atoms with E-state index < -0.39 is 19.9 Å². The first kappa shape index (κ1) is 21.8. The fourth-order valence-corrected chi connectivity index (χ4v) is 5.98. The summed E-state index contributed by atoms with van der Waals surface area (Å²) in [7, 11) is -8.09. The van der Waals surface area contributed by atoms with E-state index in [-0.39, 0.29) is 26.7 Å². The lowest BCUT2D eigenvalue weighted by Gasteiger charge is -2.15. The summed E-state index contributed by atoms with van der Waals surface area (Å²) < 4.78 is 50.6. The van der Waals surface area contributed by atoms with E-state index in [4.69, 9.17) is 28.3 Å². The number of sulfonamides is 1. The highest BCUT2D eigenvalue weighted by atomic mass is 35.5.